The van der Waals surface area contributed by atoms with Crippen LogP contribution in [0.4, 0.5) is 0 Å². The summed E-state index contributed by atoms with van der Waals surface area (Å²) in [4.78, 5) is 12.5. The van der Waals surface area contributed by atoms with Crippen molar-refractivity contribution in [1.82, 2.24) is 10.6 Å². The number of halogens is 1. The van der Waals surface area contributed by atoms with E-state index in [0.717, 1.165) is 12.8 Å². The molecular formula is C16H23ClN2O3. The molecule has 0 aromatic heterocycles. The summed E-state index contributed by atoms with van der Waals surface area (Å²) in [6, 6.07) is 6.64. The standard InChI is InChI=1S/C16H22N2O3.ClH/c1-20-13-5-6-15(21-2)14(9-13)16(19)18-12-7-10-3-4-11(8-12)17-10;/h5-6,9-12,17H,3-4,7-8H2,1-2H3,(H,18,19);1H. The van der Waals surface area contributed by atoms with Gasteiger partial charge < -0.3 is 20.1 Å². The van der Waals surface area contributed by atoms with Crippen molar-refractivity contribution < 1.29 is 14.3 Å². The highest BCUT2D eigenvalue weighted by atomic mass is 35.5. The van der Waals surface area contributed by atoms with E-state index in [9.17, 15) is 4.79 Å². The van der Waals surface area contributed by atoms with Crippen molar-refractivity contribution in [2.75, 3.05) is 14.2 Å². The second-order valence-electron chi connectivity index (χ2n) is 5.85. The number of amides is 1. The summed E-state index contributed by atoms with van der Waals surface area (Å²) in [5.41, 5.74) is 0.530. The minimum Gasteiger partial charge on any atom is -0.497 e. The van der Waals surface area contributed by atoms with Crippen LogP contribution in [0.25, 0.3) is 0 Å². The monoisotopic (exact) mass is 326 g/mol. The van der Waals surface area contributed by atoms with Gasteiger partial charge in [0, 0.05) is 18.1 Å². The fourth-order valence-corrected chi connectivity index (χ4v) is 3.43. The number of piperidine rings is 1. The first-order valence-corrected chi connectivity index (χ1v) is 7.48. The molecule has 1 aromatic rings. The lowest BCUT2D eigenvalue weighted by molar-refractivity contribution is 0.0920. The number of methoxy groups -OCH3 is 2. The average Bonchev–Trinajstić information content (AvgIpc) is 2.85. The number of carbonyl (C=O) groups excluding carboxylic acids is 1. The van der Waals surface area contributed by atoms with Gasteiger partial charge in [0.15, 0.2) is 0 Å². The maximum absolute atomic E-state index is 12.5. The molecule has 122 valence electrons. The molecule has 1 aromatic carbocycles. The van der Waals surface area contributed by atoms with E-state index >= 15 is 0 Å². The maximum atomic E-state index is 12.5. The fraction of sp³-hybridized carbons (Fsp3) is 0.562. The van der Waals surface area contributed by atoms with Gasteiger partial charge in [0.05, 0.1) is 19.8 Å². The van der Waals surface area contributed by atoms with E-state index in [1.54, 1.807) is 32.4 Å². The number of benzene rings is 1. The Morgan fingerprint density at radius 2 is 1.86 bits per heavy atom. The Morgan fingerprint density at radius 1 is 1.18 bits per heavy atom. The third-order valence-electron chi connectivity index (χ3n) is 4.46. The van der Waals surface area contributed by atoms with E-state index in [0.29, 0.717) is 29.1 Å². The highest BCUT2D eigenvalue weighted by Gasteiger charge is 2.34. The quantitative estimate of drug-likeness (QED) is 0.890. The van der Waals surface area contributed by atoms with Crippen LogP contribution >= 0.6 is 12.4 Å². The van der Waals surface area contributed by atoms with E-state index in [-0.39, 0.29) is 24.4 Å². The van der Waals surface area contributed by atoms with Crippen molar-refractivity contribution in [3.05, 3.63) is 23.8 Å². The van der Waals surface area contributed by atoms with E-state index in [1.807, 2.05) is 0 Å². The summed E-state index contributed by atoms with van der Waals surface area (Å²) in [7, 11) is 3.16. The van der Waals surface area contributed by atoms with Gasteiger partial charge in [-0.15, -0.1) is 12.4 Å². The van der Waals surface area contributed by atoms with Crippen LogP contribution in [0.2, 0.25) is 0 Å². The molecule has 0 radical (unpaired) electrons. The van der Waals surface area contributed by atoms with Crippen LogP contribution in [0, 0.1) is 0 Å². The first-order chi connectivity index (χ1) is 10.2. The van der Waals surface area contributed by atoms with Crippen molar-refractivity contribution in [3.8, 4) is 11.5 Å². The third kappa shape index (κ3) is 3.47. The Bertz CT molecular complexity index is 526. The summed E-state index contributed by atoms with van der Waals surface area (Å²) in [6.45, 7) is 0. The number of ether oxygens (including phenoxy) is 2. The van der Waals surface area contributed by atoms with Crippen molar-refractivity contribution in [3.63, 3.8) is 0 Å². The molecule has 2 atom stereocenters. The molecule has 2 heterocycles. The Hall–Kier alpha value is -1.46. The average molecular weight is 327 g/mol. The van der Waals surface area contributed by atoms with Crippen molar-refractivity contribution >= 4 is 18.3 Å². The molecule has 3 rings (SSSR count). The SMILES string of the molecule is COc1ccc(OC)c(C(=O)NC2CC3CCC(C2)N3)c1.Cl. The predicted molar refractivity (Wildman–Crippen MR) is 87.2 cm³/mol. The lowest BCUT2D eigenvalue weighted by Gasteiger charge is -2.29. The van der Waals surface area contributed by atoms with Gasteiger partial charge in [0.2, 0.25) is 0 Å². The van der Waals surface area contributed by atoms with Crippen molar-refractivity contribution in [1.29, 1.82) is 0 Å². The van der Waals surface area contributed by atoms with Crippen molar-refractivity contribution in [2.45, 2.75) is 43.8 Å². The normalized spacial score (nSPS) is 26.0. The van der Waals surface area contributed by atoms with Gasteiger partial charge in [-0.3, -0.25) is 4.79 Å². The van der Waals surface area contributed by atoms with E-state index in [1.165, 1.54) is 12.8 Å². The van der Waals surface area contributed by atoms with Crippen molar-refractivity contribution in [2.24, 2.45) is 0 Å². The topological polar surface area (TPSA) is 59.6 Å². The minimum absolute atomic E-state index is 0. The van der Waals surface area contributed by atoms with Gasteiger partial charge in [-0.2, -0.15) is 0 Å². The van der Waals surface area contributed by atoms with Crippen LogP contribution in [0.15, 0.2) is 18.2 Å². The summed E-state index contributed by atoms with van der Waals surface area (Å²) in [5, 5.41) is 6.73. The summed E-state index contributed by atoms with van der Waals surface area (Å²) in [6.07, 6.45) is 4.46. The lowest BCUT2D eigenvalue weighted by Crippen LogP contribution is -2.48. The van der Waals surface area contributed by atoms with Crippen LogP contribution in [0.5, 0.6) is 11.5 Å². The maximum Gasteiger partial charge on any atom is 0.255 e. The van der Waals surface area contributed by atoms with Gasteiger partial charge >= 0.3 is 0 Å². The van der Waals surface area contributed by atoms with Gasteiger partial charge in [-0.1, -0.05) is 0 Å². The Balaban J connectivity index is 0.00000176. The molecule has 2 aliphatic heterocycles. The summed E-state index contributed by atoms with van der Waals surface area (Å²) in [5.74, 6) is 1.15. The Morgan fingerprint density at radius 3 is 2.45 bits per heavy atom. The number of carbonyl (C=O) groups is 1. The molecule has 6 heteroatoms. The predicted octanol–water partition coefficient (Wildman–Crippen LogP) is 2.14. The number of nitrogens with one attached hydrogen (secondary N) is 2. The molecular weight excluding hydrogens is 304 g/mol. The zero-order valence-corrected chi connectivity index (χ0v) is 13.7. The van der Waals surface area contributed by atoms with E-state index < -0.39 is 0 Å². The smallest absolute Gasteiger partial charge is 0.255 e. The summed E-state index contributed by atoms with van der Waals surface area (Å²) < 4.78 is 10.5. The number of hydrogen-bond donors (Lipinski definition) is 2. The minimum atomic E-state index is -0.0861. The molecule has 0 aliphatic carbocycles. The molecule has 2 N–H and O–H groups in total. The Labute approximate surface area is 137 Å². The number of hydrogen-bond acceptors (Lipinski definition) is 4. The second kappa shape index (κ2) is 7.20. The highest BCUT2D eigenvalue weighted by Crippen LogP contribution is 2.28. The van der Waals surface area contributed by atoms with Crippen LogP contribution in [0.1, 0.15) is 36.0 Å². The molecule has 0 spiro atoms. The van der Waals surface area contributed by atoms with Gasteiger partial charge in [-0.05, 0) is 43.9 Å². The molecule has 2 saturated heterocycles. The molecule has 5 nitrogen and oxygen atoms in total. The zero-order valence-electron chi connectivity index (χ0n) is 12.9. The molecule has 1 amide bonds. The van der Waals surface area contributed by atoms with Crippen LogP contribution in [-0.4, -0.2) is 38.3 Å². The molecule has 22 heavy (non-hydrogen) atoms. The van der Waals surface area contributed by atoms with Crippen LogP contribution < -0.4 is 20.1 Å². The first-order valence-electron chi connectivity index (χ1n) is 7.48. The number of fused-ring (bicyclic) bond motifs is 2. The third-order valence-corrected chi connectivity index (χ3v) is 4.46. The lowest BCUT2D eigenvalue weighted by atomic mass is 9.99. The Kier molecular flexibility index (Phi) is 5.53. The van der Waals surface area contributed by atoms with E-state index in [4.69, 9.17) is 9.47 Å². The molecule has 2 unspecified atom stereocenters. The highest BCUT2D eigenvalue weighted by molar-refractivity contribution is 5.97. The molecule has 0 saturated carbocycles. The summed E-state index contributed by atoms with van der Waals surface area (Å²) >= 11 is 0. The van der Waals surface area contributed by atoms with Gasteiger partial charge in [0.25, 0.3) is 5.91 Å². The largest absolute Gasteiger partial charge is 0.497 e. The molecule has 2 bridgehead atoms. The molecule has 2 aliphatic rings. The molecule has 2 fully saturated rings. The van der Waals surface area contributed by atoms with E-state index in [2.05, 4.69) is 10.6 Å². The zero-order chi connectivity index (χ0) is 14.8. The van der Waals surface area contributed by atoms with Crippen LogP contribution in [0.3, 0.4) is 0 Å². The first kappa shape index (κ1) is 16.9. The second-order valence-corrected chi connectivity index (χ2v) is 5.85. The number of rotatable bonds is 4. The van der Waals surface area contributed by atoms with Gasteiger partial charge in [0.1, 0.15) is 11.5 Å². The van der Waals surface area contributed by atoms with Crippen LogP contribution in [-0.2, 0) is 0 Å². The van der Waals surface area contributed by atoms with Gasteiger partial charge in [-0.25, -0.2) is 0 Å². The fourth-order valence-electron chi connectivity index (χ4n) is 3.43.